The lowest BCUT2D eigenvalue weighted by molar-refractivity contribution is 0.0104. The predicted octanol–water partition coefficient (Wildman–Crippen LogP) is 3.94. The fraction of sp³-hybridized carbons (Fsp3) is 0.846. The van der Waals surface area contributed by atoms with Crippen LogP contribution in [0.4, 0.5) is 0 Å². The summed E-state index contributed by atoms with van der Waals surface area (Å²) < 4.78 is 6.86. The van der Waals surface area contributed by atoms with Crippen LogP contribution < -0.4 is 0 Å². The monoisotopic (exact) mass is 320 g/mol. The highest BCUT2D eigenvalue weighted by atomic mass is 127. The second-order valence-electron chi connectivity index (χ2n) is 4.21. The summed E-state index contributed by atoms with van der Waals surface area (Å²) in [4.78, 5) is 0. The zero-order chi connectivity index (χ0) is 11.0. The van der Waals surface area contributed by atoms with Crippen molar-refractivity contribution >= 4 is 22.6 Å². The van der Waals surface area contributed by atoms with Crippen LogP contribution in [0.3, 0.4) is 0 Å². The molecule has 15 heavy (non-hydrogen) atoms. The first-order valence-electron chi connectivity index (χ1n) is 5.94. The molecule has 0 aromatic carbocycles. The Labute approximate surface area is 107 Å². The minimum absolute atomic E-state index is 0.0947. The normalized spacial score (nSPS) is 19.3. The molecule has 0 aromatic rings. The second kappa shape index (κ2) is 7.51. The maximum atomic E-state index is 5.61. The summed E-state index contributed by atoms with van der Waals surface area (Å²) in [6.07, 6.45) is 9.71. The maximum absolute atomic E-state index is 5.61. The first-order valence-corrected chi connectivity index (χ1v) is 7.47. The van der Waals surface area contributed by atoms with Crippen LogP contribution in [0.25, 0.3) is 0 Å². The molecule has 0 atom stereocenters. The van der Waals surface area contributed by atoms with Gasteiger partial charge in [0.1, 0.15) is 5.60 Å². The Morgan fingerprint density at radius 2 is 1.93 bits per heavy atom. The molecule has 0 bridgehead atoms. The lowest BCUT2D eigenvalue weighted by Crippen LogP contribution is -2.32. The largest absolute Gasteiger partial charge is 0.366 e. The van der Waals surface area contributed by atoms with Crippen LogP contribution in [-0.4, -0.2) is 17.1 Å². The van der Waals surface area contributed by atoms with Crippen LogP contribution in [-0.2, 0) is 4.74 Å². The molecule has 0 aromatic heterocycles. The number of halogens is 1. The molecule has 0 aliphatic heterocycles. The topological polar surface area (TPSA) is 9.23 Å². The number of hydrogen-bond donors (Lipinski definition) is 0. The Morgan fingerprint density at radius 3 is 2.53 bits per heavy atom. The summed E-state index contributed by atoms with van der Waals surface area (Å²) in [6.45, 7) is 0. The van der Waals surface area contributed by atoms with Gasteiger partial charge in [-0.05, 0) is 43.0 Å². The van der Waals surface area contributed by atoms with Crippen LogP contribution >= 0.6 is 22.6 Å². The summed E-state index contributed by atoms with van der Waals surface area (Å²) in [5, 5.41) is 0. The zero-order valence-electron chi connectivity index (χ0n) is 9.65. The highest BCUT2D eigenvalue weighted by molar-refractivity contribution is 14.1. The molecule has 2 heteroatoms. The van der Waals surface area contributed by atoms with Gasteiger partial charge in [0, 0.05) is 13.5 Å². The Kier molecular flexibility index (Phi) is 6.67. The Bertz CT molecular complexity index is 220. The highest BCUT2D eigenvalue weighted by Crippen LogP contribution is 2.30. The van der Waals surface area contributed by atoms with Gasteiger partial charge in [0.2, 0.25) is 0 Å². The molecule has 1 rings (SSSR count). The fourth-order valence-electron chi connectivity index (χ4n) is 2.03. The quantitative estimate of drug-likeness (QED) is 0.330. The van der Waals surface area contributed by atoms with Crippen molar-refractivity contribution in [2.75, 3.05) is 11.5 Å². The molecule has 1 fully saturated rings. The van der Waals surface area contributed by atoms with E-state index in [1.165, 1.54) is 36.5 Å². The van der Waals surface area contributed by atoms with Crippen LogP contribution in [0.2, 0.25) is 0 Å². The maximum Gasteiger partial charge on any atom is 0.128 e. The van der Waals surface area contributed by atoms with Gasteiger partial charge in [0.05, 0.1) is 0 Å². The van der Waals surface area contributed by atoms with E-state index in [4.69, 9.17) is 4.74 Å². The number of alkyl halides is 1. The Hall–Kier alpha value is 0.250. The summed E-state index contributed by atoms with van der Waals surface area (Å²) in [5.41, 5.74) is -0.0947. The van der Waals surface area contributed by atoms with E-state index < -0.39 is 0 Å². The Balaban J connectivity index is 2.36. The van der Waals surface area contributed by atoms with E-state index in [1.807, 2.05) is 7.11 Å². The number of ether oxygens (including phenoxy) is 1. The van der Waals surface area contributed by atoms with Crippen molar-refractivity contribution in [2.24, 2.45) is 0 Å². The van der Waals surface area contributed by atoms with Crippen molar-refractivity contribution < 1.29 is 4.74 Å². The summed E-state index contributed by atoms with van der Waals surface area (Å²) in [6, 6.07) is 0. The van der Waals surface area contributed by atoms with E-state index in [0.29, 0.717) is 0 Å². The second-order valence-corrected chi connectivity index (χ2v) is 5.29. The van der Waals surface area contributed by atoms with Crippen LogP contribution in [0.1, 0.15) is 51.4 Å². The van der Waals surface area contributed by atoms with Crippen LogP contribution in [0.5, 0.6) is 0 Å². The molecule has 86 valence electrons. The van der Waals surface area contributed by atoms with Gasteiger partial charge in [-0.2, -0.15) is 0 Å². The third-order valence-corrected chi connectivity index (χ3v) is 3.82. The first-order chi connectivity index (χ1) is 7.33. The van der Waals surface area contributed by atoms with Crippen molar-refractivity contribution in [3.63, 3.8) is 0 Å². The van der Waals surface area contributed by atoms with E-state index in [1.54, 1.807) is 0 Å². The van der Waals surface area contributed by atoms with Crippen molar-refractivity contribution in [3.8, 4) is 11.8 Å². The number of rotatable bonds is 4. The van der Waals surface area contributed by atoms with E-state index >= 15 is 0 Å². The SMILES string of the molecule is COC1(C#CCCCCI)CCCCC1. The molecule has 0 N–H and O–H groups in total. The van der Waals surface area contributed by atoms with E-state index in [-0.39, 0.29) is 5.60 Å². The van der Waals surface area contributed by atoms with Crippen LogP contribution in [0.15, 0.2) is 0 Å². The predicted molar refractivity (Wildman–Crippen MR) is 73.3 cm³/mol. The van der Waals surface area contributed by atoms with Gasteiger partial charge in [0.15, 0.2) is 0 Å². The minimum Gasteiger partial charge on any atom is -0.366 e. The average molecular weight is 320 g/mol. The molecule has 0 spiro atoms. The van der Waals surface area contributed by atoms with E-state index in [9.17, 15) is 0 Å². The molecule has 0 radical (unpaired) electrons. The highest BCUT2D eigenvalue weighted by Gasteiger charge is 2.29. The molecule has 0 amide bonds. The fourth-order valence-corrected chi connectivity index (χ4v) is 2.57. The third-order valence-electron chi connectivity index (χ3n) is 3.05. The van der Waals surface area contributed by atoms with Gasteiger partial charge < -0.3 is 4.74 Å². The summed E-state index contributed by atoms with van der Waals surface area (Å²) in [5.74, 6) is 6.67. The van der Waals surface area contributed by atoms with Crippen molar-refractivity contribution in [1.29, 1.82) is 0 Å². The van der Waals surface area contributed by atoms with Gasteiger partial charge in [0.25, 0.3) is 0 Å². The van der Waals surface area contributed by atoms with Gasteiger partial charge >= 0.3 is 0 Å². The van der Waals surface area contributed by atoms with Gasteiger partial charge in [-0.3, -0.25) is 0 Å². The standard InChI is InChI=1S/C13H21IO/c1-15-13(10-6-4-7-11-13)9-5-2-3-8-12-14/h2-4,6-8,10-12H2,1H3. The number of hydrogen-bond acceptors (Lipinski definition) is 1. The molecule has 1 nitrogen and oxygen atoms in total. The molecule has 0 heterocycles. The van der Waals surface area contributed by atoms with Crippen LogP contribution in [0, 0.1) is 11.8 Å². The van der Waals surface area contributed by atoms with Crippen molar-refractivity contribution in [3.05, 3.63) is 0 Å². The Morgan fingerprint density at radius 1 is 1.20 bits per heavy atom. The molecular formula is C13H21IO. The van der Waals surface area contributed by atoms with Gasteiger partial charge in [-0.25, -0.2) is 0 Å². The first kappa shape index (κ1) is 13.3. The number of methoxy groups -OCH3 is 1. The van der Waals surface area contributed by atoms with Gasteiger partial charge in [-0.15, -0.1) is 5.92 Å². The van der Waals surface area contributed by atoms with Crippen molar-refractivity contribution in [2.45, 2.75) is 57.0 Å². The summed E-state index contributed by atoms with van der Waals surface area (Å²) >= 11 is 2.42. The van der Waals surface area contributed by atoms with Crippen molar-refractivity contribution in [1.82, 2.24) is 0 Å². The average Bonchev–Trinajstić information content (AvgIpc) is 2.30. The number of unbranched alkanes of at least 4 members (excludes halogenated alkanes) is 2. The molecule has 0 unspecified atom stereocenters. The molecule has 1 aliphatic carbocycles. The zero-order valence-corrected chi connectivity index (χ0v) is 11.8. The minimum atomic E-state index is -0.0947. The third kappa shape index (κ3) is 4.74. The lowest BCUT2D eigenvalue weighted by atomic mass is 9.85. The molecule has 1 aliphatic rings. The molecule has 1 saturated carbocycles. The molecular weight excluding hydrogens is 299 g/mol. The summed E-state index contributed by atoms with van der Waals surface area (Å²) in [7, 11) is 1.81. The lowest BCUT2D eigenvalue weighted by Gasteiger charge is -2.30. The molecule has 0 saturated heterocycles. The smallest absolute Gasteiger partial charge is 0.128 e. The van der Waals surface area contributed by atoms with E-state index in [2.05, 4.69) is 34.4 Å². The van der Waals surface area contributed by atoms with Gasteiger partial charge in [-0.1, -0.05) is 34.9 Å². The van der Waals surface area contributed by atoms with E-state index in [0.717, 1.165) is 19.3 Å².